The highest BCUT2D eigenvalue weighted by molar-refractivity contribution is 5.94. The molecule has 7 heteroatoms. The van der Waals surface area contributed by atoms with Crippen LogP contribution in [0, 0.1) is 12.8 Å². The summed E-state index contributed by atoms with van der Waals surface area (Å²) in [6.07, 6.45) is 4.19. The molecule has 0 aliphatic carbocycles. The number of ether oxygens (including phenoxy) is 1. The molecular formula is C22H25N3O4. The third-order valence-electron chi connectivity index (χ3n) is 5.90. The first kappa shape index (κ1) is 19.5. The summed E-state index contributed by atoms with van der Waals surface area (Å²) in [4.78, 5) is 30.3. The number of hydrogen-bond donors (Lipinski definition) is 2. The second kappa shape index (κ2) is 8.31. The summed E-state index contributed by atoms with van der Waals surface area (Å²) >= 11 is 0. The number of nitrogens with one attached hydrogen (secondary N) is 1. The van der Waals surface area contributed by atoms with Gasteiger partial charge in [-0.3, -0.25) is 9.78 Å². The van der Waals surface area contributed by atoms with E-state index in [1.54, 1.807) is 30.6 Å². The van der Waals surface area contributed by atoms with Gasteiger partial charge in [-0.1, -0.05) is 6.07 Å². The van der Waals surface area contributed by atoms with E-state index in [2.05, 4.69) is 15.2 Å². The molecule has 1 saturated heterocycles. The minimum atomic E-state index is -0.641. The number of carbonyl (C=O) groups is 2. The predicted octanol–water partition coefficient (Wildman–Crippen LogP) is 2.44. The Labute approximate surface area is 169 Å². The van der Waals surface area contributed by atoms with Gasteiger partial charge in [0.1, 0.15) is 6.61 Å². The molecule has 29 heavy (non-hydrogen) atoms. The molecule has 1 aromatic carbocycles. The van der Waals surface area contributed by atoms with Crippen molar-refractivity contribution in [3.05, 3.63) is 58.9 Å². The summed E-state index contributed by atoms with van der Waals surface area (Å²) in [6.45, 7) is 4.23. The highest BCUT2D eigenvalue weighted by Crippen LogP contribution is 2.30. The van der Waals surface area contributed by atoms with Crippen molar-refractivity contribution < 1.29 is 19.4 Å². The summed E-state index contributed by atoms with van der Waals surface area (Å²) in [6, 6.07) is 7.12. The van der Waals surface area contributed by atoms with Crippen LogP contribution < -0.4 is 5.32 Å². The van der Waals surface area contributed by atoms with Gasteiger partial charge in [0.05, 0.1) is 11.7 Å². The molecule has 0 bridgehead atoms. The molecule has 0 radical (unpaired) electrons. The summed E-state index contributed by atoms with van der Waals surface area (Å²) in [5.41, 5.74) is 3.99. The lowest BCUT2D eigenvalue weighted by atomic mass is 9.93. The van der Waals surface area contributed by atoms with Crippen LogP contribution in [0.5, 0.6) is 0 Å². The van der Waals surface area contributed by atoms with E-state index in [1.807, 2.05) is 13.0 Å². The van der Waals surface area contributed by atoms with Gasteiger partial charge in [0.15, 0.2) is 0 Å². The molecule has 0 spiro atoms. The Morgan fingerprint density at radius 1 is 1.28 bits per heavy atom. The SMILES string of the molecule is Cc1c([C@@H](O)CN2CCC(C(=O)Nc3ccncc3)CC2)ccc2c1COC2=O. The number of hydrogen-bond acceptors (Lipinski definition) is 6. The van der Waals surface area contributed by atoms with Gasteiger partial charge in [-0.25, -0.2) is 4.79 Å². The average molecular weight is 395 g/mol. The number of cyclic esters (lactones) is 1. The zero-order valence-electron chi connectivity index (χ0n) is 16.4. The number of likely N-dealkylation sites (tertiary alicyclic amines) is 1. The number of esters is 1. The van der Waals surface area contributed by atoms with E-state index in [0.29, 0.717) is 12.1 Å². The van der Waals surface area contributed by atoms with Crippen molar-refractivity contribution in [1.82, 2.24) is 9.88 Å². The third-order valence-corrected chi connectivity index (χ3v) is 5.90. The van der Waals surface area contributed by atoms with Crippen LogP contribution in [0.1, 0.15) is 46.0 Å². The number of aliphatic hydroxyl groups is 1. The molecule has 152 valence electrons. The Morgan fingerprint density at radius 3 is 2.72 bits per heavy atom. The number of piperidine rings is 1. The maximum absolute atomic E-state index is 12.5. The number of amides is 1. The number of fused-ring (bicyclic) bond motifs is 1. The summed E-state index contributed by atoms with van der Waals surface area (Å²) in [5.74, 6) is -0.284. The standard InChI is InChI=1S/C22H25N3O4/c1-14-17(2-3-18-19(14)13-29-22(18)28)20(26)12-25-10-6-15(7-11-25)21(27)24-16-4-8-23-9-5-16/h2-5,8-9,15,20,26H,6-7,10-13H2,1H3,(H,23,24,27)/t20-/m0/s1. The second-order valence-electron chi connectivity index (χ2n) is 7.70. The van der Waals surface area contributed by atoms with Gasteiger partial charge in [-0.05, 0) is 62.2 Å². The second-order valence-corrected chi connectivity index (χ2v) is 7.70. The Balaban J connectivity index is 1.32. The number of aromatic nitrogens is 1. The lowest BCUT2D eigenvalue weighted by Gasteiger charge is -2.33. The van der Waals surface area contributed by atoms with Crippen molar-refractivity contribution in [2.24, 2.45) is 5.92 Å². The minimum Gasteiger partial charge on any atom is -0.457 e. The van der Waals surface area contributed by atoms with E-state index >= 15 is 0 Å². The predicted molar refractivity (Wildman–Crippen MR) is 107 cm³/mol. The van der Waals surface area contributed by atoms with Crippen LogP contribution in [-0.2, 0) is 16.1 Å². The normalized spacial score (nSPS) is 18.2. The lowest BCUT2D eigenvalue weighted by molar-refractivity contribution is -0.121. The van der Waals surface area contributed by atoms with Crippen molar-refractivity contribution in [1.29, 1.82) is 0 Å². The molecule has 1 atom stereocenters. The van der Waals surface area contributed by atoms with E-state index < -0.39 is 6.10 Å². The topological polar surface area (TPSA) is 91.8 Å². The van der Waals surface area contributed by atoms with Gasteiger partial charge in [-0.15, -0.1) is 0 Å². The molecule has 0 unspecified atom stereocenters. The van der Waals surface area contributed by atoms with Gasteiger partial charge in [0.2, 0.25) is 5.91 Å². The smallest absolute Gasteiger partial charge is 0.338 e. The van der Waals surface area contributed by atoms with E-state index in [1.165, 1.54) is 0 Å². The van der Waals surface area contributed by atoms with E-state index in [9.17, 15) is 14.7 Å². The van der Waals surface area contributed by atoms with Gasteiger partial charge in [0.25, 0.3) is 0 Å². The molecule has 2 aliphatic rings. The molecule has 1 fully saturated rings. The number of anilines is 1. The fourth-order valence-corrected chi connectivity index (χ4v) is 4.13. The number of β-amino-alcohol motifs (C(OH)–C–C–N with tert-alkyl or cyclic N) is 1. The fraction of sp³-hybridized carbons (Fsp3) is 0.409. The number of rotatable bonds is 5. The maximum Gasteiger partial charge on any atom is 0.338 e. The van der Waals surface area contributed by atoms with Crippen molar-refractivity contribution in [2.75, 3.05) is 25.0 Å². The molecule has 1 amide bonds. The molecular weight excluding hydrogens is 370 g/mol. The third kappa shape index (κ3) is 4.16. The zero-order valence-corrected chi connectivity index (χ0v) is 16.4. The van der Waals surface area contributed by atoms with Gasteiger partial charge >= 0.3 is 5.97 Å². The van der Waals surface area contributed by atoms with Gasteiger partial charge in [-0.2, -0.15) is 0 Å². The number of pyridine rings is 1. The maximum atomic E-state index is 12.5. The molecule has 7 nitrogen and oxygen atoms in total. The number of nitrogens with zero attached hydrogens (tertiary/aromatic N) is 2. The summed E-state index contributed by atoms with van der Waals surface area (Å²) in [7, 11) is 0. The van der Waals surface area contributed by atoms with Crippen molar-refractivity contribution in [2.45, 2.75) is 32.5 Å². The number of carbonyl (C=O) groups excluding carboxylic acids is 2. The van der Waals surface area contributed by atoms with Gasteiger partial charge < -0.3 is 20.1 Å². The fourth-order valence-electron chi connectivity index (χ4n) is 4.13. The molecule has 2 aromatic rings. The van der Waals surface area contributed by atoms with Crippen molar-refractivity contribution in [3.63, 3.8) is 0 Å². The molecule has 4 rings (SSSR count). The molecule has 2 N–H and O–H groups in total. The summed E-state index contributed by atoms with van der Waals surface area (Å²) in [5, 5.41) is 13.7. The Bertz CT molecular complexity index is 908. The van der Waals surface area contributed by atoms with E-state index in [0.717, 1.165) is 48.3 Å². The molecule has 3 heterocycles. The molecule has 2 aliphatic heterocycles. The van der Waals surface area contributed by atoms with E-state index in [-0.39, 0.29) is 24.4 Å². The van der Waals surface area contributed by atoms with E-state index in [4.69, 9.17) is 4.74 Å². The highest BCUT2D eigenvalue weighted by Gasteiger charge is 2.29. The quantitative estimate of drug-likeness (QED) is 0.756. The summed E-state index contributed by atoms with van der Waals surface area (Å²) < 4.78 is 5.09. The van der Waals surface area contributed by atoms with Gasteiger partial charge in [0, 0.05) is 36.1 Å². The minimum absolute atomic E-state index is 0.0264. The Hall–Kier alpha value is -2.77. The number of aliphatic hydroxyl groups excluding tert-OH is 1. The van der Waals surface area contributed by atoms with Crippen molar-refractivity contribution in [3.8, 4) is 0 Å². The van der Waals surface area contributed by atoms with Crippen LogP contribution in [0.3, 0.4) is 0 Å². The zero-order chi connectivity index (χ0) is 20.4. The van der Waals surface area contributed by atoms with Crippen LogP contribution in [0.2, 0.25) is 0 Å². The first-order valence-corrected chi connectivity index (χ1v) is 9.93. The molecule has 0 saturated carbocycles. The average Bonchev–Trinajstić information content (AvgIpc) is 3.11. The first-order valence-electron chi connectivity index (χ1n) is 9.93. The van der Waals surface area contributed by atoms with Crippen LogP contribution in [0.4, 0.5) is 5.69 Å². The first-order chi connectivity index (χ1) is 14.0. The van der Waals surface area contributed by atoms with Crippen LogP contribution >= 0.6 is 0 Å². The Kier molecular flexibility index (Phi) is 5.60. The number of benzene rings is 1. The van der Waals surface area contributed by atoms with Crippen LogP contribution in [0.25, 0.3) is 0 Å². The Morgan fingerprint density at radius 2 is 2.00 bits per heavy atom. The van der Waals surface area contributed by atoms with Crippen LogP contribution in [-0.4, -0.2) is 46.5 Å². The van der Waals surface area contributed by atoms with Crippen LogP contribution in [0.15, 0.2) is 36.7 Å². The lowest BCUT2D eigenvalue weighted by Crippen LogP contribution is -2.40. The monoisotopic (exact) mass is 395 g/mol. The molecule has 1 aromatic heterocycles. The largest absolute Gasteiger partial charge is 0.457 e. The highest BCUT2D eigenvalue weighted by atomic mass is 16.5. The van der Waals surface area contributed by atoms with Crippen molar-refractivity contribution >= 4 is 17.6 Å².